The van der Waals surface area contributed by atoms with Crippen molar-refractivity contribution in [1.82, 2.24) is 20.6 Å². The molecule has 0 radical (unpaired) electrons. The number of anilines is 2. The highest BCUT2D eigenvalue weighted by molar-refractivity contribution is 7.79. The van der Waals surface area contributed by atoms with Crippen LogP contribution in [-0.2, 0) is 23.2 Å². The van der Waals surface area contributed by atoms with Gasteiger partial charge in [-0.25, -0.2) is 9.97 Å². The fourth-order valence-corrected chi connectivity index (χ4v) is 6.58. The fourth-order valence-electron chi connectivity index (χ4n) is 4.82. The van der Waals surface area contributed by atoms with E-state index >= 15 is 0 Å². The number of nitrogens with one attached hydrogen (secondary N) is 2. The topological polar surface area (TPSA) is 168 Å². The summed E-state index contributed by atoms with van der Waals surface area (Å²) in [6, 6.07) is 17.3. The maximum atomic E-state index is 8.52. The molecule has 14 heteroatoms. The van der Waals surface area contributed by atoms with E-state index in [9.17, 15) is 0 Å². The first-order chi connectivity index (χ1) is 20.6. The Bertz CT molecular complexity index is 1430. The molecule has 2 fully saturated rings. The summed E-state index contributed by atoms with van der Waals surface area (Å²) < 4.78 is 34.1. The van der Waals surface area contributed by atoms with Gasteiger partial charge in [-0.2, -0.15) is 0 Å². The van der Waals surface area contributed by atoms with Gasteiger partial charge in [-0.1, -0.05) is 59.7 Å². The molecule has 4 N–H and O–H groups in total. The molecule has 0 aliphatic carbocycles. The van der Waals surface area contributed by atoms with Gasteiger partial charge in [0.1, 0.15) is 0 Å². The van der Waals surface area contributed by atoms with Gasteiger partial charge in [0, 0.05) is 86.4 Å². The van der Waals surface area contributed by atoms with Crippen molar-refractivity contribution >= 4 is 43.3 Å². The summed E-state index contributed by atoms with van der Waals surface area (Å²) >= 11 is 3.53. The normalized spacial score (nSPS) is 14.9. The van der Waals surface area contributed by atoms with E-state index in [4.69, 9.17) is 27.5 Å². The van der Waals surface area contributed by atoms with Gasteiger partial charge in [0.15, 0.2) is 10.3 Å². The first kappa shape index (κ1) is 35.5. The molecule has 2 aliphatic rings. The maximum absolute atomic E-state index is 8.52. The first-order valence-corrected chi connectivity index (χ1v) is 17.3. The van der Waals surface area contributed by atoms with Gasteiger partial charge in [-0.05, 0) is 25.0 Å². The van der Waals surface area contributed by atoms with Gasteiger partial charge >= 0.3 is 0 Å². The van der Waals surface area contributed by atoms with Gasteiger partial charge in [0.05, 0.1) is 11.4 Å². The monoisotopic (exact) mass is 660 g/mol. The average Bonchev–Trinajstić information content (AvgIpc) is 3.64. The summed E-state index contributed by atoms with van der Waals surface area (Å²) in [4.78, 5) is 14.3. The minimum atomic E-state index is -5.17. The summed E-state index contributed by atoms with van der Waals surface area (Å²) in [5, 5.41) is 13.5. The van der Waals surface area contributed by atoms with E-state index in [0.717, 1.165) is 65.2 Å². The second-order valence-electron chi connectivity index (χ2n) is 10.5. The summed E-state index contributed by atoms with van der Waals surface area (Å²) in [5.74, 6) is 0. The highest BCUT2D eigenvalue weighted by atomic mass is 32.3. The molecule has 2 aromatic heterocycles. The largest absolute Gasteiger partial charge is 0.759 e. The van der Waals surface area contributed by atoms with Crippen molar-refractivity contribution in [3.8, 4) is 0 Å². The Hall–Kier alpha value is -2.95. The van der Waals surface area contributed by atoms with Gasteiger partial charge in [0.25, 0.3) is 0 Å². The predicted molar refractivity (Wildman–Crippen MR) is 176 cm³/mol. The van der Waals surface area contributed by atoms with E-state index in [-0.39, 0.29) is 5.48 Å². The van der Waals surface area contributed by atoms with E-state index in [2.05, 4.69) is 93.6 Å². The van der Waals surface area contributed by atoms with Crippen LogP contribution in [0, 0.1) is 13.8 Å². The van der Waals surface area contributed by atoms with Gasteiger partial charge in [-0.3, -0.25) is 8.42 Å². The Morgan fingerprint density at radius 2 is 1.09 bits per heavy atom. The minimum Gasteiger partial charge on any atom is -0.759 e. The molecule has 2 aliphatic heterocycles. The fraction of sp³-hybridized carbons (Fsp3) is 0.400. The molecular formula is C30H40N6O5S3-2. The minimum absolute atomic E-state index is 0. The molecule has 0 bridgehead atoms. The Morgan fingerprint density at radius 3 is 1.43 bits per heavy atom. The highest BCUT2D eigenvalue weighted by Gasteiger charge is 2.15. The highest BCUT2D eigenvalue weighted by Crippen LogP contribution is 2.24. The second-order valence-corrected chi connectivity index (χ2v) is 12.9. The summed E-state index contributed by atoms with van der Waals surface area (Å²) in [7, 11) is -5.17. The zero-order chi connectivity index (χ0) is 30.7. The van der Waals surface area contributed by atoms with Crippen LogP contribution < -0.4 is 20.4 Å². The maximum Gasteiger partial charge on any atom is 0.185 e. The molecule has 0 atom stereocenters. The van der Waals surface area contributed by atoms with E-state index in [1.807, 2.05) is 0 Å². The lowest BCUT2D eigenvalue weighted by Gasteiger charge is -2.26. The smallest absolute Gasteiger partial charge is 0.185 e. The molecule has 0 amide bonds. The van der Waals surface area contributed by atoms with Crippen LogP contribution in [0.1, 0.15) is 33.6 Å². The van der Waals surface area contributed by atoms with Crippen LogP contribution >= 0.6 is 22.7 Å². The predicted octanol–water partition coefficient (Wildman–Crippen LogP) is 2.74. The molecule has 0 spiro atoms. The van der Waals surface area contributed by atoms with E-state index in [1.54, 1.807) is 22.7 Å². The van der Waals surface area contributed by atoms with E-state index < -0.39 is 10.4 Å². The molecule has 44 heavy (non-hydrogen) atoms. The van der Waals surface area contributed by atoms with Crippen LogP contribution in [0.4, 0.5) is 10.3 Å². The zero-order valence-electron chi connectivity index (χ0n) is 25.0. The van der Waals surface area contributed by atoms with Crippen LogP contribution in [-0.4, -0.2) is 85.3 Å². The number of nitrogens with zero attached hydrogens (tertiary/aromatic N) is 4. The van der Waals surface area contributed by atoms with Gasteiger partial charge in [-0.15, -0.1) is 22.7 Å². The number of benzene rings is 2. The molecule has 4 heterocycles. The molecule has 0 unspecified atom stereocenters. The lowest BCUT2D eigenvalue weighted by atomic mass is 10.1. The van der Waals surface area contributed by atoms with Crippen molar-refractivity contribution in [3.05, 3.63) is 92.9 Å². The zero-order valence-corrected chi connectivity index (χ0v) is 27.4. The number of hydrogen-bond acceptors (Lipinski definition) is 12. The van der Waals surface area contributed by atoms with E-state index in [1.165, 1.54) is 43.9 Å². The average molecular weight is 661 g/mol. The van der Waals surface area contributed by atoms with Crippen LogP contribution in [0.25, 0.3) is 0 Å². The molecule has 0 saturated carbocycles. The third-order valence-corrected chi connectivity index (χ3v) is 8.69. The van der Waals surface area contributed by atoms with Crippen molar-refractivity contribution in [2.75, 3.05) is 62.2 Å². The first-order valence-electron chi connectivity index (χ1n) is 14.2. The Labute approximate surface area is 267 Å². The number of thiazole rings is 2. The quantitative estimate of drug-likeness (QED) is 0.232. The van der Waals surface area contributed by atoms with Crippen molar-refractivity contribution in [1.29, 1.82) is 0 Å². The van der Waals surface area contributed by atoms with Crippen LogP contribution in [0.5, 0.6) is 0 Å². The molecule has 2 saturated heterocycles. The third-order valence-electron chi connectivity index (χ3n) is 6.79. The van der Waals surface area contributed by atoms with E-state index in [0.29, 0.717) is 0 Å². The van der Waals surface area contributed by atoms with Crippen molar-refractivity contribution in [2.24, 2.45) is 0 Å². The molecule has 11 nitrogen and oxygen atoms in total. The molecule has 2 aromatic carbocycles. The van der Waals surface area contributed by atoms with Crippen LogP contribution in [0.15, 0.2) is 59.3 Å². The summed E-state index contributed by atoms with van der Waals surface area (Å²) in [6.45, 7) is 12.8. The summed E-state index contributed by atoms with van der Waals surface area (Å²) in [5.41, 5.74) is 7.69. The van der Waals surface area contributed by atoms with Crippen molar-refractivity contribution in [3.63, 3.8) is 0 Å². The SMILES string of the molecule is Cc1cccc(Cc2csc(N3CCNCC3)n2)c1.Cc1cccc(Cc2csc(N3CCNCC3)n2)c1.O.O=S(=O)([O-])[O-]. The van der Waals surface area contributed by atoms with Gasteiger partial charge < -0.3 is 35.0 Å². The molecule has 240 valence electrons. The van der Waals surface area contributed by atoms with Crippen LogP contribution in [0.3, 0.4) is 0 Å². The molecule has 4 aromatic rings. The number of aryl methyl sites for hydroxylation is 2. The Morgan fingerprint density at radius 1 is 0.727 bits per heavy atom. The van der Waals surface area contributed by atoms with Crippen molar-refractivity contribution in [2.45, 2.75) is 26.7 Å². The number of hydrogen-bond donors (Lipinski definition) is 2. The third kappa shape index (κ3) is 12.6. The van der Waals surface area contributed by atoms with Crippen molar-refractivity contribution < 1.29 is 23.0 Å². The Balaban J connectivity index is 0.000000205. The second kappa shape index (κ2) is 17.5. The number of piperazine rings is 2. The molecular weight excluding hydrogens is 621 g/mol. The lowest BCUT2D eigenvalue weighted by molar-refractivity contribution is 0.352. The number of rotatable bonds is 6. The standard InChI is InChI=1S/2C15H19N3S.H2O4S.H2O/c2*1-12-3-2-4-13(9-12)10-14-11-19-15(17-14)18-7-5-16-6-8-18;1-5(2,3)4;/h2*2-4,9,11,16H,5-8,10H2,1H3;(H2,1,2,3,4);1H2/p-2. The summed E-state index contributed by atoms with van der Waals surface area (Å²) in [6.07, 6.45) is 1.87. The van der Waals surface area contributed by atoms with Gasteiger partial charge in [0.2, 0.25) is 0 Å². The Kier molecular flexibility index (Phi) is 14.1. The lowest BCUT2D eigenvalue weighted by Crippen LogP contribution is -2.43. The molecule has 6 rings (SSSR count). The number of aromatic nitrogens is 2. The van der Waals surface area contributed by atoms with Crippen LogP contribution in [0.2, 0.25) is 0 Å².